The molecule has 0 aliphatic heterocycles. The molecule has 0 amide bonds. The molecule has 2 rings (SSSR count). The minimum Gasteiger partial charge on any atom is -0.382 e. The third-order valence-electron chi connectivity index (χ3n) is 5.26. The van der Waals surface area contributed by atoms with Crippen molar-refractivity contribution < 1.29 is 8.78 Å². The number of rotatable bonds is 3. The number of fused-ring (bicyclic) bond motifs is 1. The Morgan fingerprint density at radius 1 is 1.16 bits per heavy atom. The lowest BCUT2D eigenvalue weighted by Gasteiger charge is -2.31. The van der Waals surface area contributed by atoms with Crippen molar-refractivity contribution >= 4 is 5.70 Å². The van der Waals surface area contributed by atoms with Gasteiger partial charge in [-0.25, -0.2) is 8.78 Å². The average molecular weight is 347 g/mol. The topological polar surface area (TPSA) is 12.0 Å². The van der Waals surface area contributed by atoms with Crippen molar-refractivity contribution in [2.24, 2.45) is 11.3 Å². The van der Waals surface area contributed by atoms with Crippen molar-refractivity contribution in [3.63, 3.8) is 0 Å². The van der Waals surface area contributed by atoms with E-state index in [0.29, 0.717) is 5.56 Å². The van der Waals surface area contributed by atoms with Gasteiger partial charge in [-0.05, 0) is 53.9 Å². The second-order valence-electron chi connectivity index (χ2n) is 8.38. The summed E-state index contributed by atoms with van der Waals surface area (Å²) < 4.78 is 28.8. The van der Waals surface area contributed by atoms with Crippen LogP contribution < -0.4 is 5.32 Å². The van der Waals surface area contributed by atoms with E-state index < -0.39 is 11.6 Å². The molecule has 0 saturated heterocycles. The van der Waals surface area contributed by atoms with E-state index in [1.165, 1.54) is 11.6 Å². The van der Waals surface area contributed by atoms with Crippen molar-refractivity contribution in [2.45, 2.75) is 66.8 Å². The van der Waals surface area contributed by atoms with Crippen LogP contribution in [-0.2, 0) is 0 Å². The highest BCUT2D eigenvalue weighted by molar-refractivity contribution is 5.71. The number of hydrogen-bond donors (Lipinski definition) is 1. The zero-order chi connectivity index (χ0) is 18.9. The molecule has 25 heavy (non-hydrogen) atoms. The minimum atomic E-state index is -0.515. The van der Waals surface area contributed by atoms with Gasteiger partial charge in [-0.15, -0.1) is 0 Å². The molecule has 0 saturated carbocycles. The van der Waals surface area contributed by atoms with Gasteiger partial charge in [0.15, 0.2) is 0 Å². The number of benzene rings is 1. The quantitative estimate of drug-likeness (QED) is 0.665. The minimum absolute atomic E-state index is 0.0278. The summed E-state index contributed by atoms with van der Waals surface area (Å²) in [5.41, 5.74) is 3.12. The van der Waals surface area contributed by atoms with Crippen molar-refractivity contribution in [3.05, 3.63) is 52.6 Å². The monoisotopic (exact) mass is 347 g/mol. The van der Waals surface area contributed by atoms with Gasteiger partial charge < -0.3 is 5.32 Å². The van der Waals surface area contributed by atoms with E-state index in [1.807, 2.05) is 13.0 Å². The SMILES string of the molecule is CC[C@@H](C)N/C1=C\C(C(C)(C)C)=C/C(C)C(C)c2cc(F)cc(F)c21. The van der Waals surface area contributed by atoms with E-state index in [4.69, 9.17) is 0 Å². The van der Waals surface area contributed by atoms with Crippen LogP contribution in [0.3, 0.4) is 0 Å². The highest BCUT2D eigenvalue weighted by atomic mass is 19.1. The first-order valence-electron chi connectivity index (χ1n) is 9.24. The van der Waals surface area contributed by atoms with Crippen LogP contribution in [0.4, 0.5) is 8.78 Å². The highest BCUT2D eigenvalue weighted by Crippen LogP contribution is 2.39. The van der Waals surface area contributed by atoms with E-state index in [9.17, 15) is 8.78 Å². The number of halogens is 2. The Morgan fingerprint density at radius 2 is 1.80 bits per heavy atom. The summed E-state index contributed by atoms with van der Waals surface area (Å²) in [6, 6.07) is 2.68. The van der Waals surface area contributed by atoms with Gasteiger partial charge in [-0.1, -0.05) is 47.6 Å². The number of allylic oxidation sites excluding steroid dienone is 3. The molecule has 2 unspecified atom stereocenters. The Kier molecular flexibility index (Phi) is 5.75. The van der Waals surface area contributed by atoms with Crippen LogP contribution in [0.2, 0.25) is 0 Å². The number of hydrogen-bond acceptors (Lipinski definition) is 1. The van der Waals surface area contributed by atoms with Crippen LogP contribution in [0.15, 0.2) is 29.9 Å². The molecule has 3 heteroatoms. The fraction of sp³-hybridized carbons (Fsp3) is 0.545. The number of nitrogens with one attached hydrogen (secondary N) is 1. The molecule has 1 nitrogen and oxygen atoms in total. The summed E-state index contributed by atoms with van der Waals surface area (Å²) >= 11 is 0. The molecule has 0 bridgehead atoms. The smallest absolute Gasteiger partial charge is 0.135 e. The van der Waals surface area contributed by atoms with Crippen LogP contribution >= 0.6 is 0 Å². The fourth-order valence-corrected chi connectivity index (χ4v) is 3.17. The van der Waals surface area contributed by atoms with Gasteiger partial charge >= 0.3 is 0 Å². The lowest BCUT2D eigenvalue weighted by Crippen LogP contribution is -2.27. The molecule has 0 fully saturated rings. The molecule has 1 aliphatic carbocycles. The van der Waals surface area contributed by atoms with E-state index in [-0.39, 0.29) is 23.3 Å². The van der Waals surface area contributed by atoms with E-state index in [2.05, 4.69) is 52.9 Å². The van der Waals surface area contributed by atoms with Crippen molar-refractivity contribution in [3.8, 4) is 0 Å². The third-order valence-corrected chi connectivity index (χ3v) is 5.26. The van der Waals surface area contributed by atoms with Crippen LogP contribution in [0.5, 0.6) is 0 Å². The predicted molar refractivity (Wildman–Crippen MR) is 102 cm³/mol. The van der Waals surface area contributed by atoms with Crippen molar-refractivity contribution in [2.75, 3.05) is 0 Å². The molecule has 0 radical (unpaired) electrons. The first kappa shape index (κ1) is 19.7. The van der Waals surface area contributed by atoms with E-state index >= 15 is 0 Å². The molecule has 0 heterocycles. The predicted octanol–water partition coefficient (Wildman–Crippen LogP) is 6.42. The zero-order valence-corrected chi connectivity index (χ0v) is 16.5. The first-order valence-corrected chi connectivity index (χ1v) is 9.24. The Hall–Kier alpha value is -1.64. The van der Waals surface area contributed by atoms with E-state index in [1.54, 1.807) is 0 Å². The molecule has 0 aromatic heterocycles. The molecule has 1 aliphatic rings. The Morgan fingerprint density at radius 3 is 2.36 bits per heavy atom. The van der Waals surface area contributed by atoms with Gasteiger partial charge in [0.05, 0.1) is 0 Å². The summed E-state index contributed by atoms with van der Waals surface area (Å²) in [5.74, 6) is -0.791. The second-order valence-corrected chi connectivity index (χ2v) is 8.38. The van der Waals surface area contributed by atoms with Crippen LogP contribution in [-0.4, -0.2) is 6.04 Å². The van der Waals surface area contributed by atoms with E-state index in [0.717, 1.165) is 23.7 Å². The van der Waals surface area contributed by atoms with Crippen molar-refractivity contribution in [1.82, 2.24) is 5.32 Å². The van der Waals surface area contributed by atoms with Crippen LogP contribution in [0.25, 0.3) is 5.70 Å². The highest BCUT2D eigenvalue weighted by Gasteiger charge is 2.28. The Balaban J connectivity index is 2.75. The van der Waals surface area contributed by atoms with Gasteiger partial charge in [0.2, 0.25) is 0 Å². The second kappa shape index (κ2) is 7.31. The lowest BCUT2D eigenvalue weighted by molar-refractivity contribution is 0.493. The zero-order valence-electron chi connectivity index (χ0n) is 16.5. The van der Waals surface area contributed by atoms with Gasteiger partial charge in [-0.2, -0.15) is 0 Å². The lowest BCUT2D eigenvalue weighted by atomic mass is 9.77. The van der Waals surface area contributed by atoms with Crippen molar-refractivity contribution in [1.29, 1.82) is 0 Å². The van der Waals surface area contributed by atoms with Gasteiger partial charge in [-0.3, -0.25) is 0 Å². The maximum absolute atomic E-state index is 14.8. The third kappa shape index (κ3) is 4.31. The van der Waals surface area contributed by atoms with Crippen LogP contribution in [0.1, 0.15) is 71.9 Å². The molecular formula is C22H31F2N. The molecule has 1 N–H and O–H groups in total. The molecule has 138 valence electrons. The summed E-state index contributed by atoms with van der Waals surface area (Å²) in [5, 5.41) is 3.45. The summed E-state index contributed by atoms with van der Waals surface area (Å²) in [7, 11) is 0. The summed E-state index contributed by atoms with van der Waals surface area (Å²) in [6.45, 7) is 14.8. The Bertz CT molecular complexity index is 695. The maximum atomic E-state index is 14.8. The maximum Gasteiger partial charge on any atom is 0.135 e. The summed E-state index contributed by atoms with van der Waals surface area (Å²) in [6.07, 6.45) is 5.22. The van der Waals surface area contributed by atoms with Gasteiger partial charge in [0.1, 0.15) is 11.6 Å². The first-order chi connectivity index (χ1) is 11.5. The van der Waals surface area contributed by atoms with Crippen LogP contribution in [0, 0.1) is 23.0 Å². The fourth-order valence-electron chi connectivity index (χ4n) is 3.17. The molecule has 0 spiro atoms. The summed E-state index contributed by atoms with van der Waals surface area (Å²) in [4.78, 5) is 0. The standard InChI is InChI=1S/C22H31F2N/c1-8-14(3)25-20-10-16(22(5,6)7)9-13(2)15(4)18-11-17(23)12-19(24)21(18)20/h9-15,25H,8H2,1-7H3/b16-9+,20-10-/t13?,14-,15?/m1/s1. The molecule has 3 atom stereocenters. The van der Waals surface area contributed by atoms with Gasteiger partial charge in [0, 0.05) is 23.4 Å². The molecule has 1 aromatic carbocycles. The largest absolute Gasteiger partial charge is 0.382 e. The molecular weight excluding hydrogens is 316 g/mol. The average Bonchev–Trinajstić information content (AvgIpc) is 2.49. The Labute approximate surface area is 151 Å². The normalized spacial score (nSPS) is 26.4. The molecule has 1 aromatic rings. The van der Waals surface area contributed by atoms with Gasteiger partial charge in [0.25, 0.3) is 0 Å².